The first-order chi connectivity index (χ1) is 35.7. The average Bonchev–Trinajstić information content (AvgIpc) is 4.22. The summed E-state index contributed by atoms with van der Waals surface area (Å²) in [5.41, 5.74) is 2.58. The number of rotatable bonds is 18. The number of fused-ring (bicyclic) bond motifs is 2. The number of amides is 6. The second-order valence-electron chi connectivity index (χ2n) is 18.9. The maximum atomic E-state index is 13.3. The maximum Gasteiger partial charge on any atom is 0.328 e. The predicted molar refractivity (Wildman–Crippen MR) is 271 cm³/mol. The number of nitrogens with one attached hydrogen (secondary N) is 2. The lowest BCUT2D eigenvalue weighted by atomic mass is 9.81. The molecule has 2 saturated carbocycles. The predicted octanol–water partition coefficient (Wildman–Crippen LogP) is 7.67. The van der Waals surface area contributed by atoms with E-state index in [1.165, 1.54) is 50.6 Å². The highest BCUT2D eigenvalue weighted by Crippen LogP contribution is 2.43. The Morgan fingerprint density at radius 1 is 0.527 bits per heavy atom. The van der Waals surface area contributed by atoms with Crippen LogP contribution in [0, 0.1) is 24.0 Å². The SMILES string of the molecule is [C-]#[N+]c1ccc2c(c1)C(=O)N(c1ccc(CC(NC(=O)C3(CCOC)CCCC3)C(=O)OC)cc1)C2=O.[C-]#[N+]c1ccc2c(c1)C(=O)N(c1ccc(CC(NC(=O)C3(CCOC)CCCC3)C(=O)OC)cc1)C2=O. The summed E-state index contributed by atoms with van der Waals surface area (Å²) in [7, 11) is 5.77. The zero-order valence-electron chi connectivity index (χ0n) is 41.8. The third-order valence-electron chi connectivity index (χ3n) is 14.5. The number of imide groups is 2. The van der Waals surface area contributed by atoms with Gasteiger partial charge in [-0.3, -0.25) is 28.8 Å². The van der Waals surface area contributed by atoms with E-state index >= 15 is 0 Å². The van der Waals surface area contributed by atoms with Gasteiger partial charge in [0.25, 0.3) is 23.6 Å². The third kappa shape index (κ3) is 11.3. The first kappa shape index (κ1) is 53.7. The van der Waals surface area contributed by atoms with Gasteiger partial charge in [0.2, 0.25) is 11.8 Å². The van der Waals surface area contributed by atoms with Crippen molar-refractivity contribution in [2.24, 2.45) is 10.8 Å². The fourth-order valence-corrected chi connectivity index (χ4v) is 10.3. The van der Waals surface area contributed by atoms with E-state index in [2.05, 4.69) is 20.3 Å². The highest BCUT2D eigenvalue weighted by molar-refractivity contribution is 6.35. The van der Waals surface area contributed by atoms with Crippen molar-refractivity contribution in [3.05, 3.63) is 141 Å². The van der Waals surface area contributed by atoms with Gasteiger partial charge in [0.15, 0.2) is 11.4 Å². The first-order valence-corrected chi connectivity index (χ1v) is 24.4. The fraction of sp³-hybridized carbons (Fsp3) is 0.393. The van der Waals surface area contributed by atoms with Crippen molar-refractivity contribution in [1.82, 2.24) is 10.6 Å². The van der Waals surface area contributed by atoms with Crippen molar-refractivity contribution in [3.8, 4) is 0 Å². The van der Waals surface area contributed by atoms with Crippen LogP contribution < -0.4 is 20.4 Å². The molecule has 74 heavy (non-hydrogen) atoms. The summed E-state index contributed by atoms with van der Waals surface area (Å²) in [6.07, 6.45) is 8.40. The molecule has 2 atom stereocenters. The molecule has 0 aromatic heterocycles. The van der Waals surface area contributed by atoms with E-state index in [1.54, 1.807) is 62.8 Å². The minimum atomic E-state index is -0.880. The van der Waals surface area contributed by atoms with Gasteiger partial charge in [0.05, 0.1) is 60.7 Å². The van der Waals surface area contributed by atoms with Crippen LogP contribution in [0.25, 0.3) is 9.69 Å². The lowest BCUT2D eigenvalue weighted by Crippen LogP contribution is -2.49. The topological polar surface area (TPSA) is 213 Å². The molecule has 2 aliphatic heterocycles. The molecule has 4 aliphatic rings. The molecule has 2 unspecified atom stereocenters. The summed E-state index contributed by atoms with van der Waals surface area (Å²) >= 11 is 0. The van der Waals surface area contributed by atoms with Gasteiger partial charge in [-0.2, -0.15) is 0 Å². The smallest absolute Gasteiger partial charge is 0.328 e. The van der Waals surface area contributed by atoms with E-state index in [1.807, 2.05) is 0 Å². The van der Waals surface area contributed by atoms with E-state index < -0.39 is 58.5 Å². The normalized spacial score (nSPS) is 16.7. The van der Waals surface area contributed by atoms with Crippen molar-refractivity contribution in [2.75, 3.05) is 51.5 Å². The van der Waals surface area contributed by atoms with Crippen LogP contribution in [0.5, 0.6) is 0 Å². The molecule has 6 amide bonds. The van der Waals surface area contributed by atoms with Crippen LogP contribution in [0.15, 0.2) is 84.9 Å². The minimum Gasteiger partial charge on any atom is -0.467 e. The summed E-state index contributed by atoms with van der Waals surface area (Å²) in [5, 5.41) is 5.81. The molecular formula is C56H58N6O12. The number of anilines is 2. The number of methoxy groups -OCH3 is 4. The van der Waals surface area contributed by atoms with Gasteiger partial charge in [0.1, 0.15) is 12.1 Å². The summed E-state index contributed by atoms with van der Waals surface area (Å²) in [6, 6.07) is 20.4. The largest absolute Gasteiger partial charge is 0.467 e. The minimum absolute atomic E-state index is 0.168. The number of carbonyl (C=O) groups excluding carboxylic acids is 8. The molecule has 18 heteroatoms. The third-order valence-corrected chi connectivity index (χ3v) is 14.5. The van der Waals surface area contributed by atoms with Crippen molar-refractivity contribution in [1.29, 1.82) is 0 Å². The molecule has 4 aromatic carbocycles. The van der Waals surface area contributed by atoms with Gasteiger partial charge in [-0.15, -0.1) is 0 Å². The van der Waals surface area contributed by atoms with Crippen molar-refractivity contribution >= 4 is 70.1 Å². The van der Waals surface area contributed by atoms with Crippen LogP contribution in [0.1, 0.15) is 117 Å². The first-order valence-electron chi connectivity index (χ1n) is 24.4. The zero-order chi connectivity index (χ0) is 53.2. The molecule has 2 aliphatic carbocycles. The van der Waals surface area contributed by atoms with Gasteiger partial charge >= 0.3 is 11.9 Å². The number of nitrogens with zero attached hydrogens (tertiary/aromatic N) is 4. The number of hydrogen-bond donors (Lipinski definition) is 2. The molecule has 2 fully saturated rings. The van der Waals surface area contributed by atoms with Crippen molar-refractivity contribution < 1.29 is 57.3 Å². The Bertz CT molecular complexity index is 2710. The van der Waals surface area contributed by atoms with E-state index in [9.17, 15) is 38.4 Å². The number of esters is 2. The highest BCUT2D eigenvalue weighted by atomic mass is 16.5. The highest BCUT2D eigenvalue weighted by Gasteiger charge is 2.44. The Kier molecular flexibility index (Phi) is 17.2. The molecule has 2 heterocycles. The molecule has 8 rings (SSSR count). The van der Waals surface area contributed by atoms with E-state index in [0.717, 1.165) is 72.3 Å². The number of ether oxygens (including phenoxy) is 4. The van der Waals surface area contributed by atoms with Crippen LogP contribution in [0.2, 0.25) is 0 Å². The number of carbonyl (C=O) groups is 8. The lowest BCUT2D eigenvalue weighted by molar-refractivity contribution is -0.147. The second kappa shape index (κ2) is 23.7. The molecule has 0 radical (unpaired) electrons. The van der Waals surface area contributed by atoms with E-state index in [4.69, 9.17) is 32.1 Å². The van der Waals surface area contributed by atoms with Crippen LogP contribution in [0.4, 0.5) is 22.7 Å². The van der Waals surface area contributed by atoms with Crippen LogP contribution >= 0.6 is 0 Å². The van der Waals surface area contributed by atoms with Crippen LogP contribution in [-0.2, 0) is 51.0 Å². The number of hydrogen-bond acceptors (Lipinski definition) is 12. The molecule has 4 aromatic rings. The molecule has 0 spiro atoms. The van der Waals surface area contributed by atoms with Gasteiger partial charge in [0, 0.05) is 51.4 Å². The second-order valence-corrected chi connectivity index (χ2v) is 18.9. The molecule has 384 valence electrons. The Morgan fingerprint density at radius 2 is 0.865 bits per heavy atom. The van der Waals surface area contributed by atoms with Crippen molar-refractivity contribution in [2.45, 2.75) is 89.1 Å². The van der Waals surface area contributed by atoms with E-state index in [-0.39, 0.29) is 58.3 Å². The van der Waals surface area contributed by atoms with Crippen molar-refractivity contribution in [3.63, 3.8) is 0 Å². The Hall–Kier alpha value is -8.06. The quantitative estimate of drug-likeness (QED) is 0.0559. The molecule has 18 nitrogen and oxygen atoms in total. The summed E-state index contributed by atoms with van der Waals surface area (Å²) in [5.74, 6) is -3.32. The summed E-state index contributed by atoms with van der Waals surface area (Å²) < 4.78 is 20.3. The van der Waals surface area contributed by atoms with Crippen LogP contribution in [-0.4, -0.2) is 101 Å². The standard InChI is InChI=1S/2C28H29N3O6/c2*1-29-19-8-11-21-22(17-19)25(33)31(24(21)32)20-9-6-18(7-10-20)16-23(26(34)37-3)30-27(35)28(14-15-36-2)12-4-5-13-28/h2*6-11,17,23H,4-5,12-16H2,2-3H3,(H,30,35). The fourth-order valence-electron chi connectivity index (χ4n) is 10.3. The lowest BCUT2D eigenvalue weighted by Gasteiger charge is -2.29. The molecular weight excluding hydrogens is 949 g/mol. The average molecular weight is 1010 g/mol. The zero-order valence-corrected chi connectivity index (χ0v) is 41.8. The Balaban J connectivity index is 0.000000216. The summed E-state index contributed by atoms with van der Waals surface area (Å²) in [4.78, 5) is 112. The maximum absolute atomic E-state index is 13.3. The van der Waals surface area contributed by atoms with Crippen LogP contribution in [0.3, 0.4) is 0 Å². The monoisotopic (exact) mass is 1010 g/mol. The number of benzene rings is 4. The van der Waals surface area contributed by atoms with Gasteiger partial charge in [-0.05, 0) is 86.1 Å². The van der Waals surface area contributed by atoms with Gasteiger partial charge in [-0.25, -0.2) is 29.1 Å². The summed E-state index contributed by atoms with van der Waals surface area (Å²) in [6.45, 7) is 15.2. The Morgan fingerprint density at radius 3 is 1.18 bits per heavy atom. The molecule has 2 N–H and O–H groups in total. The van der Waals surface area contributed by atoms with E-state index in [0.29, 0.717) is 37.4 Å². The molecule has 0 bridgehead atoms. The Labute approximate surface area is 429 Å². The van der Waals surface area contributed by atoms with Gasteiger partial charge in [-0.1, -0.05) is 74.2 Å². The van der Waals surface area contributed by atoms with Gasteiger partial charge < -0.3 is 29.6 Å². The molecule has 0 saturated heterocycles.